The van der Waals surface area contributed by atoms with Crippen molar-refractivity contribution in [1.82, 2.24) is 4.98 Å². The molecule has 0 unspecified atom stereocenters. The van der Waals surface area contributed by atoms with Gasteiger partial charge in [0.25, 0.3) is 0 Å². The lowest BCUT2D eigenvalue weighted by atomic mass is 10.0. The minimum Gasteiger partial charge on any atom is -0.464 e. The lowest BCUT2D eigenvalue weighted by Crippen LogP contribution is -2.27. The van der Waals surface area contributed by atoms with Crippen LogP contribution in [0.15, 0.2) is 24.3 Å². The maximum Gasteiger partial charge on any atom is 0.354 e. The minimum atomic E-state index is -3.24. The number of H-pyrrole nitrogens is 1. The van der Waals surface area contributed by atoms with E-state index in [0.717, 1.165) is 5.39 Å². The van der Waals surface area contributed by atoms with Gasteiger partial charge in [0.1, 0.15) is 5.69 Å². The molecule has 1 aromatic carbocycles. The van der Waals surface area contributed by atoms with Crippen molar-refractivity contribution in [3.05, 3.63) is 35.5 Å². The Hall–Kier alpha value is -1.82. The number of rotatable bonds is 3. The number of aromatic nitrogens is 1. The van der Waals surface area contributed by atoms with Crippen LogP contribution in [0.3, 0.4) is 0 Å². The molecule has 0 aliphatic rings. The van der Waals surface area contributed by atoms with E-state index in [-0.39, 0.29) is 0 Å². The number of esters is 1. The number of fused-ring (bicyclic) bond motifs is 1. The molecule has 0 saturated heterocycles. The summed E-state index contributed by atoms with van der Waals surface area (Å²) in [5.41, 5.74) is 1.72. The zero-order valence-corrected chi connectivity index (χ0v) is 12.7. The molecule has 0 atom stereocenters. The number of aromatic amines is 1. The molecule has 5 nitrogen and oxygen atoms in total. The first-order valence-electron chi connectivity index (χ1n) is 6.08. The Morgan fingerprint density at radius 2 is 1.90 bits per heavy atom. The third-order valence-corrected chi connectivity index (χ3v) is 5.74. The highest BCUT2D eigenvalue weighted by molar-refractivity contribution is 7.91. The van der Waals surface area contributed by atoms with Gasteiger partial charge in [0.15, 0.2) is 9.84 Å². The first kappa shape index (κ1) is 14.6. The van der Waals surface area contributed by atoms with Crippen molar-refractivity contribution < 1.29 is 17.9 Å². The fraction of sp³-hybridized carbons (Fsp3) is 0.357. The normalized spacial score (nSPS) is 12.6. The van der Waals surface area contributed by atoms with Gasteiger partial charge >= 0.3 is 5.97 Å². The first-order valence-corrected chi connectivity index (χ1v) is 7.97. The molecule has 6 heteroatoms. The monoisotopic (exact) mass is 295 g/mol. The lowest BCUT2D eigenvalue weighted by Gasteiger charge is -2.23. The van der Waals surface area contributed by atoms with Crippen LogP contribution in [0.1, 0.15) is 29.9 Å². The fourth-order valence-corrected chi connectivity index (χ4v) is 2.49. The molecule has 0 aliphatic heterocycles. The van der Waals surface area contributed by atoms with Gasteiger partial charge in [0.2, 0.25) is 0 Å². The summed E-state index contributed by atoms with van der Waals surface area (Å²) in [5, 5.41) is 0.832. The summed E-state index contributed by atoms with van der Waals surface area (Å²) in [6.45, 7) is 3.32. The average Bonchev–Trinajstić information content (AvgIpc) is 2.79. The Balaban J connectivity index is 2.57. The Morgan fingerprint density at radius 1 is 1.25 bits per heavy atom. The first-order chi connectivity index (χ1) is 9.16. The average molecular weight is 295 g/mol. The molecule has 1 aromatic heterocycles. The van der Waals surface area contributed by atoms with E-state index in [1.807, 2.05) is 0 Å². The second kappa shape index (κ2) is 4.63. The number of sulfone groups is 1. The second-order valence-corrected chi connectivity index (χ2v) is 7.82. The van der Waals surface area contributed by atoms with Crippen LogP contribution in [0.4, 0.5) is 0 Å². The third kappa shape index (κ3) is 2.31. The van der Waals surface area contributed by atoms with Crippen LogP contribution in [0.5, 0.6) is 0 Å². The Bertz CT molecular complexity index is 772. The molecule has 0 bridgehead atoms. The van der Waals surface area contributed by atoms with E-state index in [0.29, 0.717) is 16.8 Å². The number of methoxy groups -OCH3 is 1. The summed E-state index contributed by atoms with van der Waals surface area (Å²) >= 11 is 0. The van der Waals surface area contributed by atoms with E-state index in [1.54, 1.807) is 38.1 Å². The SMILES string of the molecule is COC(=O)c1cc2ccc(C(C)(C)S(C)(=O)=O)cc2[nH]1. The number of hydrogen-bond donors (Lipinski definition) is 1. The van der Waals surface area contributed by atoms with Gasteiger partial charge in [0, 0.05) is 17.2 Å². The summed E-state index contributed by atoms with van der Waals surface area (Å²) < 4.78 is 27.4. The van der Waals surface area contributed by atoms with Crippen molar-refractivity contribution >= 4 is 26.7 Å². The van der Waals surface area contributed by atoms with E-state index in [9.17, 15) is 13.2 Å². The van der Waals surface area contributed by atoms with Crippen molar-refractivity contribution in [3.63, 3.8) is 0 Å². The smallest absolute Gasteiger partial charge is 0.354 e. The molecule has 0 aliphatic carbocycles. The highest BCUT2D eigenvalue weighted by Gasteiger charge is 2.32. The summed E-state index contributed by atoms with van der Waals surface area (Å²) in [6, 6.07) is 6.99. The molecular weight excluding hydrogens is 278 g/mol. The van der Waals surface area contributed by atoms with Gasteiger partial charge < -0.3 is 9.72 Å². The number of carbonyl (C=O) groups excluding carboxylic acids is 1. The van der Waals surface area contributed by atoms with Gasteiger partial charge in [-0.25, -0.2) is 13.2 Å². The molecule has 0 radical (unpaired) electrons. The van der Waals surface area contributed by atoms with Gasteiger partial charge in [-0.05, 0) is 31.5 Å². The number of nitrogens with one attached hydrogen (secondary N) is 1. The zero-order valence-electron chi connectivity index (χ0n) is 11.9. The van der Waals surface area contributed by atoms with Crippen molar-refractivity contribution in [3.8, 4) is 0 Å². The van der Waals surface area contributed by atoms with Gasteiger partial charge in [0.05, 0.1) is 11.9 Å². The molecule has 108 valence electrons. The van der Waals surface area contributed by atoms with Gasteiger partial charge in [-0.2, -0.15) is 0 Å². The van der Waals surface area contributed by atoms with Gasteiger partial charge in [-0.3, -0.25) is 0 Å². The number of carbonyl (C=O) groups is 1. The van der Waals surface area contributed by atoms with E-state index in [1.165, 1.54) is 13.4 Å². The van der Waals surface area contributed by atoms with Crippen LogP contribution in [-0.2, 0) is 19.3 Å². The standard InChI is InChI=1S/C14H17NO4S/c1-14(2,20(4,17)18)10-6-5-9-7-12(13(16)19-3)15-11(9)8-10/h5-8,15H,1-4H3. The van der Waals surface area contributed by atoms with Crippen LogP contribution in [0.25, 0.3) is 10.9 Å². The molecule has 0 saturated carbocycles. The third-order valence-electron chi connectivity index (χ3n) is 3.65. The summed E-state index contributed by atoms with van der Waals surface area (Å²) in [6.07, 6.45) is 1.21. The van der Waals surface area contributed by atoms with Gasteiger partial charge in [-0.15, -0.1) is 0 Å². The molecule has 1 N–H and O–H groups in total. The number of benzene rings is 1. The zero-order chi connectivity index (χ0) is 15.1. The molecule has 0 spiro atoms. The summed E-state index contributed by atoms with van der Waals surface area (Å²) in [7, 11) is -1.93. The number of ether oxygens (including phenoxy) is 1. The second-order valence-electron chi connectivity index (χ2n) is 5.26. The predicted octanol–water partition coefficient (Wildman–Crippen LogP) is 2.23. The lowest BCUT2D eigenvalue weighted by molar-refractivity contribution is 0.0595. The molecular formula is C14H17NO4S. The fourth-order valence-electron chi connectivity index (χ4n) is 1.94. The molecule has 2 aromatic rings. The summed E-state index contributed by atoms with van der Waals surface area (Å²) in [5.74, 6) is -0.454. The van der Waals surface area contributed by atoms with Crippen molar-refractivity contribution in [2.45, 2.75) is 18.6 Å². The van der Waals surface area contributed by atoms with E-state index < -0.39 is 20.6 Å². The van der Waals surface area contributed by atoms with E-state index in [4.69, 9.17) is 0 Å². The maximum absolute atomic E-state index is 11.9. The minimum absolute atomic E-state index is 0.344. The summed E-state index contributed by atoms with van der Waals surface area (Å²) in [4.78, 5) is 14.4. The molecule has 1 heterocycles. The van der Waals surface area contributed by atoms with Crippen molar-refractivity contribution in [1.29, 1.82) is 0 Å². The maximum atomic E-state index is 11.9. The van der Waals surface area contributed by atoms with Crippen LogP contribution >= 0.6 is 0 Å². The predicted molar refractivity (Wildman–Crippen MR) is 77.5 cm³/mol. The quantitative estimate of drug-likeness (QED) is 0.881. The Kier molecular flexibility index (Phi) is 3.37. The number of hydrogen-bond acceptors (Lipinski definition) is 4. The van der Waals surface area contributed by atoms with Crippen molar-refractivity contribution in [2.24, 2.45) is 0 Å². The molecule has 20 heavy (non-hydrogen) atoms. The molecule has 0 fully saturated rings. The topological polar surface area (TPSA) is 76.2 Å². The Morgan fingerprint density at radius 3 is 2.45 bits per heavy atom. The van der Waals surface area contributed by atoms with Crippen LogP contribution in [0.2, 0.25) is 0 Å². The van der Waals surface area contributed by atoms with E-state index >= 15 is 0 Å². The highest BCUT2D eigenvalue weighted by Crippen LogP contribution is 2.31. The Labute approximate surface area is 117 Å². The molecule has 2 rings (SSSR count). The van der Waals surface area contributed by atoms with Crippen LogP contribution < -0.4 is 0 Å². The van der Waals surface area contributed by atoms with Crippen LogP contribution in [-0.4, -0.2) is 32.7 Å². The largest absolute Gasteiger partial charge is 0.464 e. The van der Waals surface area contributed by atoms with Gasteiger partial charge in [-0.1, -0.05) is 12.1 Å². The highest BCUT2D eigenvalue weighted by atomic mass is 32.2. The molecule has 0 amide bonds. The van der Waals surface area contributed by atoms with Crippen LogP contribution in [0, 0.1) is 0 Å². The van der Waals surface area contributed by atoms with Crippen molar-refractivity contribution in [2.75, 3.05) is 13.4 Å². The van der Waals surface area contributed by atoms with E-state index in [2.05, 4.69) is 9.72 Å².